The number of Topliss-reactive ketones (excluding diaryl/α,β-unsaturated/α-hetero) is 1. The van der Waals surface area contributed by atoms with Gasteiger partial charge in [-0.15, -0.1) is 0 Å². The van der Waals surface area contributed by atoms with Gasteiger partial charge in [-0.05, 0) is 49.9 Å². The fourth-order valence-electron chi connectivity index (χ4n) is 5.86. The Morgan fingerprint density at radius 2 is 1.68 bits per heavy atom. The zero-order valence-corrected chi connectivity index (χ0v) is 12.8. The van der Waals surface area contributed by atoms with Crippen molar-refractivity contribution in [1.29, 1.82) is 0 Å². The van der Waals surface area contributed by atoms with E-state index in [2.05, 4.69) is 13.8 Å². The predicted octanol–water partition coefficient (Wildman–Crippen LogP) is 4.99. The average Bonchev–Trinajstić information content (AvgIpc) is 3.06. The lowest BCUT2D eigenvalue weighted by Gasteiger charge is -2.42. The highest BCUT2D eigenvalue weighted by atomic mass is 16.1. The topological polar surface area (TPSA) is 17.1 Å². The molecule has 4 unspecified atom stereocenters. The van der Waals surface area contributed by atoms with Crippen LogP contribution in [0.5, 0.6) is 0 Å². The standard InChI is InChI=1S/C18H30O/c1-3-5-10-18(11-6-4-2)16-12-15(17(18)19)13-8-7-9-14(13)16/h13-16H,3-12H2,1-2H3. The van der Waals surface area contributed by atoms with Gasteiger partial charge in [0.05, 0.1) is 0 Å². The number of hydrogen-bond acceptors (Lipinski definition) is 1. The number of rotatable bonds is 6. The molecule has 0 aromatic carbocycles. The van der Waals surface area contributed by atoms with Crippen LogP contribution in [0.15, 0.2) is 0 Å². The molecule has 3 fully saturated rings. The predicted molar refractivity (Wildman–Crippen MR) is 78.9 cm³/mol. The van der Waals surface area contributed by atoms with Crippen LogP contribution >= 0.6 is 0 Å². The van der Waals surface area contributed by atoms with E-state index in [0.717, 1.165) is 17.8 Å². The summed E-state index contributed by atoms with van der Waals surface area (Å²) in [6.07, 6.45) is 12.9. The van der Waals surface area contributed by atoms with E-state index in [4.69, 9.17) is 0 Å². The van der Waals surface area contributed by atoms with Crippen molar-refractivity contribution in [3.63, 3.8) is 0 Å². The molecule has 0 aromatic rings. The van der Waals surface area contributed by atoms with Crippen LogP contribution in [0.25, 0.3) is 0 Å². The SMILES string of the molecule is CCCCC1(CCCC)C(=O)C2CC1C1CCCC21. The highest BCUT2D eigenvalue weighted by molar-refractivity contribution is 5.91. The average molecular weight is 262 g/mol. The van der Waals surface area contributed by atoms with E-state index in [1.165, 1.54) is 64.2 Å². The molecule has 4 atom stereocenters. The second kappa shape index (κ2) is 5.22. The van der Waals surface area contributed by atoms with Gasteiger partial charge in [-0.3, -0.25) is 4.79 Å². The number of ketones is 1. The van der Waals surface area contributed by atoms with Gasteiger partial charge < -0.3 is 0 Å². The molecule has 0 aromatic heterocycles. The Hall–Kier alpha value is -0.330. The molecule has 0 radical (unpaired) electrons. The number of carbonyl (C=O) groups excluding carboxylic acids is 1. The van der Waals surface area contributed by atoms with Gasteiger partial charge in [0.2, 0.25) is 0 Å². The van der Waals surface area contributed by atoms with E-state index in [9.17, 15) is 4.79 Å². The highest BCUT2D eigenvalue weighted by Crippen LogP contribution is 2.66. The first kappa shape index (κ1) is 13.6. The summed E-state index contributed by atoms with van der Waals surface area (Å²) in [5.74, 6) is 3.69. The molecular formula is C18H30O. The summed E-state index contributed by atoms with van der Waals surface area (Å²) in [6, 6.07) is 0. The van der Waals surface area contributed by atoms with Crippen molar-refractivity contribution in [1.82, 2.24) is 0 Å². The lowest BCUT2D eigenvalue weighted by molar-refractivity contribution is -0.137. The molecule has 0 saturated heterocycles. The van der Waals surface area contributed by atoms with Crippen molar-refractivity contribution >= 4 is 5.78 Å². The monoisotopic (exact) mass is 262 g/mol. The molecule has 19 heavy (non-hydrogen) atoms. The summed E-state index contributed by atoms with van der Waals surface area (Å²) >= 11 is 0. The third kappa shape index (κ3) is 1.91. The van der Waals surface area contributed by atoms with E-state index in [0.29, 0.717) is 11.7 Å². The molecule has 2 bridgehead atoms. The Balaban J connectivity index is 1.84. The van der Waals surface area contributed by atoms with Gasteiger partial charge >= 0.3 is 0 Å². The van der Waals surface area contributed by atoms with Gasteiger partial charge in [0.1, 0.15) is 5.78 Å². The van der Waals surface area contributed by atoms with Gasteiger partial charge in [0.15, 0.2) is 0 Å². The summed E-state index contributed by atoms with van der Waals surface area (Å²) in [4.78, 5) is 13.0. The number of carbonyl (C=O) groups is 1. The first-order valence-electron chi connectivity index (χ1n) is 8.79. The van der Waals surface area contributed by atoms with E-state index < -0.39 is 0 Å². The quantitative estimate of drug-likeness (QED) is 0.659. The zero-order chi connectivity index (χ0) is 13.5. The van der Waals surface area contributed by atoms with Crippen LogP contribution in [0.3, 0.4) is 0 Å². The smallest absolute Gasteiger partial charge is 0.142 e. The van der Waals surface area contributed by atoms with Crippen molar-refractivity contribution < 1.29 is 4.79 Å². The van der Waals surface area contributed by atoms with Gasteiger partial charge in [0.25, 0.3) is 0 Å². The summed E-state index contributed by atoms with van der Waals surface area (Å²) in [6.45, 7) is 4.53. The first-order chi connectivity index (χ1) is 9.24. The third-order valence-corrected chi connectivity index (χ3v) is 6.66. The number of hydrogen-bond donors (Lipinski definition) is 0. The Morgan fingerprint density at radius 1 is 1.05 bits per heavy atom. The molecule has 3 aliphatic carbocycles. The van der Waals surface area contributed by atoms with E-state index in [1.807, 2.05) is 0 Å². The number of fused-ring (bicyclic) bond motifs is 5. The summed E-state index contributed by atoms with van der Waals surface area (Å²) in [5.41, 5.74) is 0.127. The van der Waals surface area contributed by atoms with Crippen molar-refractivity contribution in [2.24, 2.45) is 29.1 Å². The fourth-order valence-corrected chi connectivity index (χ4v) is 5.86. The molecule has 108 valence electrons. The zero-order valence-electron chi connectivity index (χ0n) is 12.8. The van der Waals surface area contributed by atoms with Crippen LogP contribution in [0.4, 0.5) is 0 Å². The first-order valence-corrected chi connectivity index (χ1v) is 8.79. The minimum atomic E-state index is 0.127. The van der Waals surface area contributed by atoms with Gasteiger partial charge in [-0.1, -0.05) is 46.0 Å². The van der Waals surface area contributed by atoms with Crippen LogP contribution in [0, 0.1) is 29.1 Å². The molecular weight excluding hydrogens is 232 g/mol. The number of unbranched alkanes of at least 4 members (excludes halogenated alkanes) is 2. The van der Waals surface area contributed by atoms with Crippen LogP contribution in [-0.2, 0) is 4.79 Å². The van der Waals surface area contributed by atoms with Gasteiger partial charge in [0, 0.05) is 11.3 Å². The maximum absolute atomic E-state index is 13.0. The van der Waals surface area contributed by atoms with Crippen LogP contribution < -0.4 is 0 Å². The minimum absolute atomic E-state index is 0.127. The second-order valence-electron chi connectivity index (χ2n) is 7.43. The minimum Gasteiger partial charge on any atom is -0.299 e. The summed E-state index contributed by atoms with van der Waals surface area (Å²) < 4.78 is 0. The molecule has 3 aliphatic rings. The Bertz CT molecular complexity index is 338. The normalized spacial score (nSPS) is 38.9. The Labute approximate surface area is 118 Å². The van der Waals surface area contributed by atoms with E-state index in [-0.39, 0.29) is 5.41 Å². The maximum atomic E-state index is 13.0. The van der Waals surface area contributed by atoms with E-state index >= 15 is 0 Å². The second-order valence-corrected chi connectivity index (χ2v) is 7.43. The van der Waals surface area contributed by atoms with Crippen molar-refractivity contribution in [2.75, 3.05) is 0 Å². The third-order valence-electron chi connectivity index (χ3n) is 6.66. The summed E-state index contributed by atoms with van der Waals surface area (Å²) in [5, 5.41) is 0. The van der Waals surface area contributed by atoms with Crippen molar-refractivity contribution in [3.8, 4) is 0 Å². The molecule has 3 rings (SSSR count). The van der Waals surface area contributed by atoms with Crippen molar-refractivity contribution in [2.45, 2.75) is 78.1 Å². The molecule has 0 aliphatic heterocycles. The summed E-state index contributed by atoms with van der Waals surface area (Å²) in [7, 11) is 0. The van der Waals surface area contributed by atoms with Gasteiger partial charge in [-0.25, -0.2) is 0 Å². The molecule has 3 saturated carbocycles. The Morgan fingerprint density at radius 3 is 2.32 bits per heavy atom. The molecule has 0 N–H and O–H groups in total. The van der Waals surface area contributed by atoms with Crippen LogP contribution in [-0.4, -0.2) is 5.78 Å². The fraction of sp³-hybridized carbons (Fsp3) is 0.944. The highest BCUT2D eigenvalue weighted by Gasteiger charge is 2.64. The van der Waals surface area contributed by atoms with Crippen LogP contribution in [0.2, 0.25) is 0 Å². The van der Waals surface area contributed by atoms with Crippen molar-refractivity contribution in [3.05, 3.63) is 0 Å². The molecule has 1 nitrogen and oxygen atoms in total. The van der Waals surface area contributed by atoms with Gasteiger partial charge in [-0.2, -0.15) is 0 Å². The molecule has 0 spiro atoms. The largest absolute Gasteiger partial charge is 0.299 e. The van der Waals surface area contributed by atoms with E-state index in [1.54, 1.807) is 0 Å². The molecule has 0 amide bonds. The lowest BCUT2D eigenvalue weighted by atomic mass is 9.61. The Kier molecular flexibility index (Phi) is 3.75. The molecule has 0 heterocycles. The maximum Gasteiger partial charge on any atom is 0.142 e. The van der Waals surface area contributed by atoms with Crippen LogP contribution in [0.1, 0.15) is 78.1 Å². The lowest BCUT2D eigenvalue weighted by Crippen LogP contribution is -2.43. The molecule has 1 heteroatoms.